The SMILES string of the molecule is COc1ccn2c(=O)c(-c3ccc(OCC#N)cc3)c(C(F)(F)CF)nc2c1. The highest BCUT2D eigenvalue weighted by Gasteiger charge is 2.38. The zero-order chi connectivity index (χ0) is 20.3. The monoisotopic (exact) mass is 389 g/mol. The van der Waals surface area contributed by atoms with Gasteiger partial charge in [0.05, 0.1) is 12.7 Å². The fourth-order valence-corrected chi connectivity index (χ4v) is 2.67. The number of halogens is 3. The van der Waals surface area contributed by atoms with Crippen molar-refractivity contribution in [3.63, 3.8) is 0 Å². The van der Waals surface area contributed by atoms with Gasteiger partial charge in [0, 0.05) is 12.3 Å². The second-order valence-corrected chi connectivity index (χ2v) is 5.74. The van der Waals surface area contributed by atoms with Crippen molar-refractivity contribution >= 4 is 5.65 Å². The molecule has 144 valence electrons. The Hall–Kier alpha value is -3.54. The summed E-state index contributed by atoms with van der Waals surface area (Å²) in [6.07, 6.45) is 1.34. The Morgan fingerprint density at radius 3 is 2.54 bits per heavy atom. The molecule has 0 N–H and O–H groups in total. The van der Waals surface area contributed by atoms with Gasteiger partial charge in [0.15, 0.2) is 13.3 Å². The van der Waals surface area contributed by atoms with E-state index in [-0.39, 0.29) is 17.8 Å². The lowest BCUT2D eigenvalue weighted by Crippen LogP contribution is -2.27. The Balaban J connectivity index is 2.25. The van der Waals surface area contributed by atoms with Gasteiger partial charge in [-0.05, 0) is 23.8 Å². The molecule has 0 atom stereocenters. The average molecular weight is 389 g/mol. The number of methoxy groups -OCH3 is 1. The number of ether oxygens (including phenoxy) is 2. The van der Waals surface area contributed by atoms with Crippen LogP contribution in [0.25, 0.3) is 16.8 Å². The Morgan fingerprint density at radius 2 is 1.93 bits per heavy atom. The lowest BCUT2D eigenvalue weighted by Gasteiger charge is -2.17. The predicted octanol–water partition coefficient (Wildman–Crippen LogP) is 3.33. The molecule has 0 aliphatic heterocycles. The van der Waals surface area contributed by atoms with Crippen LogP contribution in [0.5, 0.6) is 11.5 Å². The molecule has 9 heteroatoms. The van der Waals surface area contributed by atoms with Crippen molar-refractivity contribution in [2.24, 2.45) is 0 Å². The molecule has 3 rings (SSSR count). The van der Waals surface area contributed by atoms with Crippen LogP contribution in [0.3, 0.4) is 0 Å². The summed E-state index contributed by atoms with van der Waals surface area (Å²) in [5, 5.41) is 8.53. The van der Waals surface area contributed by atoms with E-state index in [0.29, 0.717) is 11.5 Å². The van der Waals surface area contributed by atoms with Crippen molar-refractivity contribution in [1.82, 2.24) is 9.38 Å². The molecule has 0 saturated carbocycles. The van der Waals surface area contributed by atoms with Crippen molar-refractivity contribution in [2.45, 2.75) is 5.92 Å². The Bertz CT molecular complexity index is 1110. The second-order valence-electron chi connectivity index (χ2n) is 5.74. The van der Waals surface area contributed by atoms with E-state index in [1.165, 1.54) is 49.7 Å². The number of nitriles is 1. The average Bonchev–Trinajstić information content (AvgIpc) is 2.72. The topological polar surface area (TPSA) is 76.6 Å². The Kier molecular flexibility index (Phi) is 5.22. The van der Waals surface area contributed by atoms with Gasteiger partial charge < -0.3 is 9.47 Å². The van der Waals surface area contributed by atoms with Crippen LogP contribution < -0.4 is 15.0 Å². The zero-order valence-electron chi connectivity index (χ0n) is 14.7. The van der Waals surface area contributed by atoms with Gasteiger partial charge in [-0.2, -0.15) is 14.0 Å². The normalized spacial score (nSPS) is 11.2. The number of hydrogen-bond donors (Lipinski definition) is 0. The standard InChI is InChI=1S/C19H14F3N3O3/c1-27-14-6-8-25-15(10-14)24-17(19(21,22)11-20)16(18(25)26)12-2-4-13(5-3-12)28-9-7-23/h2-6,8,10H,9,11H2,1H3. The van der Waals surface area contributed by atoms with Crippen molar-refractivity contribution in [3.05, 3.63) is 58.6 Å². The summed E-state index contributed by atoms with van der Waals surface area (Å²) in [6, 6.07) is 10.2. The molecule has 2 aromatic heterocycles. The van der Waals surface area contributed by atoms with E-state index in [2.05, 4.69) is 4.98 Å². The van der Waals surface area contributed by atoms with Gasteiger partial charge in [0.25, 0.3) is 5.56 Å². The maximum atomic E-state index is 14.3. The minimum absolute atomic E-state index is 0.0924. The Morgan fingerprint density at radius 1 is 1.21 bits per heavy atom. The van der Waals surface area contributed by atoms with Crippen molar-refractivity contribution in [1.29, 1.82) is 5.26 Å². The highest BCUT2D eigenvalue weighted by atomic mass is 19.3. The maximum absolute atomic E-state index is 14.3. The zero-order valence-corrected chi connectivity index (χ0v) is 14.7. The molecule has 0 amide bonds. The molecule has 0 spiro atoms. The smallest absolute Gasteiger partial charge is 0.318 e. The Labute approximate surface area is 157 Å². The minimum atomic E-state index is -3.96. The molecule has 0 fully saturated rings. The van der Waals surface area contributed by atoms with Crippen LogP contribution in [0, 0.1) is 11.3 Å². The summed E-state index contributed by atoms with van der Waals surface area (Å²) >= 11 is 0. The van der Waals surface area contributed by atoms with Gasteiger partial charge >= 0.3 is 5.92 Å². The second kappa shape index (κ2) is 7.60. The van der Waals surface area contributed by atoms with Crippen LogP contribution in [-0.2, 0) is 5.92 Å². The lowest BCUT2D eigenvalue weighted by molar-refractivity contribution is -0.0315. The molecule has 0 aliphatic rings. The molecule has 0 unspecified atom stereocenters. The van der Waals surface area contributed by atoms with E-state index >= 15 is 0 Å². The van der Waals surface area contributed by atoms with E-state index in [1.807, 2.05) is 0 Å². The van der Waals surface area contributed by atoms with E-state index in [4.69, 9.17) is 14.7 Å². The van der Waals surface area contributed by atoms with Gasteiger partial charge in [-0.3, -0.25) is 9.20 Å². The molecule has 6 nitrogen and oxygen atoms in total. The third-order valence-corrected chi connectivity index (χ3v) is 4.00. The van der Waals surface area contributed by atoms with Crippen LogP contribution in [0.2, 0.25) is 0 Å². The summed E-state index contributed by atoms with van der Waals surface area (Å²) in [6.45, 7) is -2.19. The molecule has 0 radical (unpaired) electrons. The highest BCUT2D eigenvalue weighted by Crippen LogP contribution is 2.34. The number of alkyl halides is 3. The maximum Gasteiger partial charge on any atom is 0.318 e. The number of aromatic nitrogens is 2. The number of hydrogen-bond acceptors (Lipinski definition) is 5. The van der Waals surface area contributed by atoms with Crippen LogP contribution >= 0.6 is 0 Å². The lowest BCUT2D eigenvalue weighted by atomic mass is 10.0. The third kappa shape index (κ3) is 3.49. The molecular weight excluding hydrogens is 375 g/mol. The predicted molar refractivity (Wildman–Crippen MR) is 94.4 cm³/mol. The molecule has 0 bridgehead atoms. The summed E-state index contributed by atoms with van der Waals surface area (Å²) in [7, 11) is 1.38. The fraction of sp³-hybridized carbons (Fsp3) is 0.211. The van der Waals surface area contributed by atoms with Crippen LogP contribution in [-0.4, -0.2) is 29.8 Å². The summed E-state index contributed by atoms with van der Waals surface area (Å²) in [4.78, 5) is 16.8. The quantitative estimate of drug-likeness (QED) is 0.646. The first-order valence-electron chi connectivity index (χ1n) is 8.06. The molecule has 28 heavy (non-hydrogen) atoms. The van der Waals surface area contributed by atoms with Crippen molar-refractivity contribution in [3.8, 4) is 28.7 Å². The first kappa shape index (κ1) is 19.2. The highest BCUT2D eigenvalue weighted by molar-refractivity contribution is 5.68. The molecular formula is C19H14F3N3O3. The third-order valence-electron chi connectivity index (χ3n) is 4.00. The molecule has 0 saturated heterocycles. The minimum Gasteiger partial charge on any atom is -0.497 e. The molecule has 1 aromatic carbocycles. The molecule has 3 aromatic rings. The molecule has 2 heterocycles. The number of rotatable bonds is 6. The van der Waals surface area contributed by atoms with Gasteiger partial charge in [0.1, 0.15) is 28.9 Å². The van der Waals surface area contributed by atoms with E-state index < -0.39 is 29.4 Å². The van der Waals surface area contributed by atoms with Crippen molar-refractivity contribution < 1.29 is 22.6 Å². The van der Waals surface area contributed by atoms with Crippen LogP contribution in [0.1, 0.15) is 5.69 Å². The first-order valence-corrected chi connectivity index (χ1v) is 8.06. The first-order chi connectivity index (χ1) is 13.4. The van der Waals surface area contributed by atoms with Gasteiger partial charge in [-0.15, -0.1) is 0 Å². The number of pyridine rings is 1. The van der Waals surface area contributed by atoms with E-state index in [9.17, 15) is 18.0 Å². The number of benzene rings is 1. The summed E-state index contributed by atoms with van der Waals surface area (Å²) in [5.41, 5.74) is -2.13. The van der Waals surface area contributed by atoms with E-state index in [1.54, 1.807) is 6.07 Å². The van der Waals surface area contributed by atoms with Crippen molar-refractivity contribution in [2.75, 3.05) is 20.4 Å². The summed E-state index contributed by atoms with van der Waals surface area (Å²) in [5.74, 6) is -3.32. The van der Waals surface area contributed by atoms with Gasteiger partial charge in [-0.25, -0.2) is 9.37 Å². The fourth-order valence-electron chi connectivity index (χ4n) is 2.67. The summed E-state index contributed by atoms with van der Waals surface area (Å²) < 4.78 is 52.8. The van der Waals surface area contributed by atoms with E-state index in [0.717, 1.165) is 4.40 Å². The molecule has 0 aliphatic carbocycles. The van der Waals surface area contributed by atoms with Crippen LogP contribution in [0.15, 0.2) is 47.4 Å². The number of nitrogens with zero attached hydrogens (tertiary/aromatic N) is 3. The van der Waals surface area contributed by atoms with Crippen LogP contribution in [0.4, 0.5) is 13.2 Å². The van der Waals surface area contributed by atoms with Gasteiger partial charge in [0.2, 0.25) is 0 Å². The number of fused-ring (bicyclic) bond motifs is 1. The van der Waals surface area contributed by atoms with Gasteiger partial charge in [-0.1, -0.05) is 12.1 Å². The largest absolute Gasteiger partial charge is 0.497 e.